The minimum atomic E-state index is 0.0767. The fourth-order valence-electron chi connectivity index (χ4n) is 2.92. The van der Waals surface area contributed by atoms with Gasteiger partial charge in [0.05, 0.1) is 17.4 Å². The lowest BCUT2D eigenvalue weighted by Gasteiger charge is -2.12. The summed E-state index contributed by atoms with van der Waals surface area (Å²) in [5.41, 5.74) is 13.0. The Hall–Kier alpha value is -3.37. The molecule has 4 rings (SSSR count). The Kier molecular flexibility index (Phi) is 6.19. The lowest BCUT2D eigenvalue weighted by molar-refractivity contribution is 0.340. The van der Waals surface area contributed by atoms with E-state index in [0.29, 0.717) is 34.2 Å². The van der Waals surface area contributed by atoms with Crippen LogP contribution in [0, 0.1) is 0 Å². The van der Waals surface area contributed by atoms with Crippen LogP contribution in [0.2, 0.25) is 5.02 Å². The summed E-state index contributed by atoms with van der Waals surface area (Å²) in [5.74, 6) is 2.39. The summed E-state index contributed by atoms with van der Waals surface area (Å²) < 4.78 is 7.48. The minimum Gasteiger partial charge on any atom is -0.494 e. The maximum atomic E-state index is 6.44. The first-order chi connectivity index (χ1) is 15.0. The number of halogens is 1. The molecule has 0 fully saturated rings. The normalized spacial score (nSPS) is 10.9. The van der Waals surface area contributed by atoms with Gasteiger partial charge in [-0.15, -0.1) is 10.2 Å². The van der Waals surface area contributed by atoms with E-state index in [-0.39, 0.29) is 11.9 Å². The highest BCUT2D eigenvalue weighted by Gasteiger charge is 2.19. The number of nitrogen functional groups attached to an aromatic ring is 2. The van der Waals surface area contributed by atoms with Gasteiger partial charge in [0.15, 0.2) is 11.0 Å². The molecule has 0 bridgehead atoms. The quantitative estimate of drug-likeness (QED) is 0.402. The van der Waals surface area contributed by atoms with E-state index >= 15 is 0 Å². The monoisotopic (exact) mass is 454 g/mol. The molecule has 158 valence electrons. The number of nitrogens with two attached hydrogens (primary N) is 2. The van der Waals surface area contributed by atoms with Crippen molar-refractivity contribution in [3.63, 3.8) is 0 Å². The number of benzene rings is 2. The second kappa shape index (κ2) is 9.19. The van der Waals surface area contributed by atoms with Crippen LogP contribution in [0.25, 0.3) is 17.1 Å². The maximum absolute atomic E-state index is 6.44. The van der Waals surface area contributed by atoms with Gasteiger partial charge >= 0.3 is 0 Å². The third-order valence-electron chi connectivity index (χ3n) is 4.20. The van der Waals surface area contributed by atoms with Crippen molar-refractivity contribution in [1.82, 2.24) is 29.7 Å². The third kappa shape index (κ3) is 4.70. The Morgan fingerprint density at radius 2 is 1.68 bits per heavy atom. The number of thioether (sulfide) groups is 1. The Morgan fingerprint density at radius 3 is 2.35 bits per heavy atom. The molecule has 9 nitrogen and oxygen atoms in total. The van der Waals surface area contributed by atoms with E-state index in [0.717, 1.165) is 17.0 Å². The van der Waals surface area contributed by atoms with Crippen LogP contribution < -0.4 is 16.2 Å². The van der Waals surface area contributed by atoms with E-state index < -0.39 is 0 Å². The molecule has 0 spiro atoms. The summed E-state index contributed by atoms with van der Waals surface area (Å²) >= 11 is 7.84. The Labute approximate surface area is 187 Å². The van der Waals surface area contributed by atoms with Crippen molar-refractivity contribution in [3.8, 4) is 22.8 Å². The minimum absolute atomic E-state index is 0.0767. The first-order valence-corrected chi connectivity index (χ1v) is 10.7. The van der Waals surface area contributed by atoms with Gasteiger partial charge in [-0.2, -0.15) is 15.0 Å². The smallest absolute Gasteiger partial charge is 0.225 e. The van der Waals surface area contributed by atoms with E-state index in [1.807, 2.05) is 60.0 Å². The van der Waals surface area contributed by atoms with Crippen LogP contribution in [0.3, 0.4) is 0 Å². The van der Waals surface area contributed by atoms with Gasteiger partial charge in [-0.3, -0.25) is 4.57 Å². The zero-order valence-corrected chi connectivity index (χ0v) is 18.1. The number of nitrogens with zero attached hydrogens (tertiary/aromatic N) is 6. The largest absolute Gasteiger partial charge is 0.494 e. The molecule has 0 amide bonds. The standard InChI is InChI=1S/C20H19ClN8OS/c1-2-30-13-9-7-12(8-10-13)29-17(14-5-3-4-6-15(14)21)27-28-20(29)31-11-16-24-18(22)26-19(23)25-16/h3-10H,2,11H2,1H3,(H4,22,23,24,25,26). The molecule has 31 heavy (non-hydrogen) atoms. The molecule has 0 saturated carbocycles. The van der Waals surface area contributed by atoms with Crippen LogP contribution in [0.4, 0.5) is 11.9 Å². The van der Waals surface area contributed by atoms with Crippen LogP contribution in [0.5, 0.6) is 5.75 Å². The van der Waals surface area contributed by atoms with E-state index in [2.05, 4.69) is 25.1 Å². The zero-order valence-electron chi connectivity index (χ0n) is 16.6. The predicted molar refractivity (Wildman–Crippen MR) is 121 cm³/mol. The molecule has 11 heteroatoms. The summed E-state index contributed by atoms with van der Waals surface area (Å²) in [6.07, 6.45) is 0. The molecule has 0 unspecified atom stereocenters. The molecular weight excluding hydrogens is 436 g/mol. The van der Waals surface area contributed by atoms with E-state index in [1.165, 1.54) is 11.8 Å². The van der Waals surface area contributed by atoms with Gasteiger partial charge in [-0.05, 0) is 43.3 Å². The fourth-order valence-corrected chi connectivity index (χ4v) is 3.95. The Balaban J connectivity index is 1.73. The molecule has 0 aliphatic heterocycles. The highest BCUT2D eigenvalue weighted by atomic mass is 35.5. The van der Waals surface area contributed by atoms with Crippen molar-refractivity contribution in [2.75, 3.05) is 18.1 Å². The van der Waals surface area contributed by atoms with Gasteiger partial charge in [0.1, 0.15) is 11.6 Å². The molecule has 0 radical (unpaired) electrons. The first kappa shape index (κ1) is 20.9. The van der Waals surface area contributed by atoms with Crippen molar-refractivity contribution in [2.45, 2.75) is 17.8 Å². The molecule has 2 aromatic heterocycles. The molecule has 4 aromatic rings. The third-order valence-corrected chi connectivity index (χ3v) is 5.46. The fraction of sp³-hybridized carbons (Fsp3) is 0.150. The van der Waals surface area contributed by atoms with Crippen molar-refractivity contribution in [3.05, 3.63) is 59.4 Å². The average Bonchev–Trinajstić information content (AvgIpc) is 3.16. The van der Waals surface area contributed by atoms with Gasteiger partial charge in [-0.1, -0.05) is 35.5 Å². The van der Waals surface area contributed by atoms with Crippen LogP contribution in [-0.2, 0) is 5.75 Å². The lowest BCUT2D eigenvalue weighted by Crippen LogP contribution is -2.06. The van der Waals surface area contributed by atoms with Crippen molar-refractivity contribution < 1.29 is 4.74 Å². The molecule has 4 N–H and O–H groups in total. The van der Waals surface area contributed by atoms with Crippen LogP contribution >= 0.6 is 23.4 Å². The number of aromatic nitrogens is 6. The van der Waals surface area contributed by atoms with Gasteiger partial charge < -0.3 is 16.2 Å². The summed E-state index contributed by atoms with van der Waals surface area (Å²) in [6, 6.07) is 15.2. The zero-order chi connectivity index (χ0) is 21.8. The summed E-state index contributed by atoms with van der Waals surface area (Å²) in [4.78, 5) is 12.0. The molecule has 0 saturated heterocycles. The lowest BCUT2D eigenvalue weighted by atomic mass is 10.2. The molecule has 0 atom stereocenters. The van der Waals surface area contributed by atoms with E-state index in [4.69, 9.17) is 27.8 Å². The van der Waals surface area contributed by atoms with Crippen LogP contribution in [-0.4, -0.2) is 36.3 Å². The summed E-state index contributed by atoms with van der Waals surface area (Å²) in [5, 5.41) is 10.0. The van der Waals surface area contributed by atoms with Crippen molar-refractivity contribution in [2.24, 2.45) is 0 Å². The molecule has 0 aliphatic rings. The number of ether oxygens (including phenoxy) is 1. The van der Waals surface area contributed by atoms with Crippen molar-refractivity contribution >= 4 is 35.3 Å². The molecule has 0 aliphatic carbocycles. The van der Waals surface area contributed by atoms with Gasteiger partial charge in [0.25, 0.3) is 0 Å². The summed E-state index contributed by atoms with van der Waals surface area (Å²) in [7, 11) is 0. The number of hydrogen-bond donors (Lipinski definition) is 2. The molecule has 2 heterocycles. The Morgan fingerprint density at radius 1 is 0.968 bits per heavy atom. The topological polar surface area (TPSA) is 131 Å². The first-order valence-electron chi connectivity index (χ1n) is 9.37. The van der Waals surface area contributed by atoms with Crippen LogP contribution in [0.15, 0.2) is 53.7 Å². The second-order valence-corrected chi connectivity index (χ2v) is 7.65. The van der Waals surface area contributed by atoms with Gasteiger partial charge in [0.2, 0.25) is 11.9 Å². The van der Waals surface area contributed by atoms with Gasteiger partial charge in [-0.25, -0.2) is 0 Å². The Bertz CT molecular complexity index is 1180. The van der Waals surface area contributed by atoms with Crippen molar-refractivity contribution in [1.29, 1.82) is 0 Å². The molecule has 2 aromatic carbocycles. The number of hydrogen-bond acceptors (Lipinski definition) is 9. The average molecular weight is 455 g/mol. The molecular formula is C20H19ClN8OS. The van der Waals surface area contributed by atoms with E-state index in [1.54, 1.807) is 0 Å². The predicted octanol–water partition coefficient (Wildman–Crippen LogP) is 3.63. The maximum Gasteiger partial charge on any atom is 0.225 e. The number of anilines is 2. The highest BCUT2D eigenvalue weighted by molar-refractivity contribution is 7.98. The second-order valence-electron chi connectivity index (χ2n) is 6.31. The van der Waals surface area contributed by atoms with Gasteiger partial charge in [0, 0.05) is 11.3 Å². The highest BCUT2D eigenvalue weighted by Crippen LogP contribution is 2.33. The van der Waals surface area contributed by atoms with Crippen LogP contribution in [0.1, 0.15) is 12.7 Å². The number of rotatable bonds is 7. The summed E-state index contributed by atoms with van der Waals surface area (Å²) in [6.45, 7) is 2.54. The SMILES string of the molecule is CCOc1ccc(-n2c(SCc3nc(N)nc(N)n3)nnc2-c2ccccc2Cl)cc1. The van der Waals surface area contributed by atoms with E-state index in [9.17, 15) is 0 Å².